The maximum Gasteiger partial charge on any atom is 0.128 e. The molecule has 5 heteroatoms. The van der Waals surface area contributed by atoms with Crippen LogP contribution in [0, 0.1) is 0 Å². The Labute approximate surface area is 207 Å². The van der Waals surface area contributed by atoms with Crippen LogP contribution in [0.5, 0.6) is 5.75 Å². The third-order valence-electron chi connectivity index (χ3n) is 6.83. The predicted octanol–water partition coefficient (Wildman–Crippen LogP) is 5.04. The van der Waals surface area contributed by atoms with Crippen LogP contribution in [0.4, 0.5) is 0 Å². The zero-order valence-corrected chi connectivity index (χ0v) is 20.3. The quantitative estimate of drug-likeness (QED) is 0.345. The Morgan fingerprint density at radius 2 is 1.46 bits per heavy atom. The number of nitrogens with zero attached hydrogens (tertiary/aromatic N) is 3. The van der Waals surface area contributed by atoms with Gasteiger partial charge in [-0.1, -0.05) is 66.7 Å². The number of fused-ring (bicyclic) bond motifs is 1. The van der Waals surface area contributed by atoms with Crippen molar-refractivity contribution in [1.29, 1.82) is 0 Å². The summed E-state index contributed by atoms with van der Waals surface area (Å²) in [5, 5.41) is 1.03. The first-order valence-corrected chi connectivity index (χ1v) is 12.4. The Kier molecular flexibility index (Phi) is 7.69. The van der Waals surface area contributed by atoms with E-state index >= 15 is 0 Å². The van der Waals surface area contributed by atoms with Crippen LogP contribution in [0.3, 0.4) is 0 Å². The van der Waals surface area contributed by atoms with E-state index < -0.39 is 0 Å². The molecule has 0 saturated carbocycles. The zero-order chi connectivity index (χ0) is 23.9. The van der Waals surface area contributed by atoms with Crippen molar-refractivity contribution in [2.45, 2.75) is 12.1 Å². The van der Waals surface area contributed by atoms with Gasteiger partial charge in [0.15, 0.2) is 0 Å². The highest BCUT2D eigenvalue weighted by molar-refractivity contribution is 5.84. The molecule has 1 fully saturated rings. The second-order valence-electron chi connectivity index (χ2n) is 9.06. The molecule has 3 aromatic carbocycles. The molecule has 5 rings (SSSR count). The Bertz CT molecular complexity index is 1150. The van der Waals surface area contributed by atoms with Crippen LogP contribution in [-0.4, -0.2) is 67.3 Å². The average Bonchev–Trinajstić information content (AvgIpc) is 2.93. The topological polar surface area (TPSA) is 37.8 Å². The number of methoxy groups -OCH3 is 1. The molecule has 0 aliphatic carbocycles. The van der Waals surface area contributed by atoms with E-state index in [2.05, 4.69) is 81.5 Å². The van der Waals surface area contributed by atoms with Crippen LogP contribution in [0.1, 0.15) is 17.2 Å². The molecule has 0 bridgehead atoms. The maximum atomic E-state index is 6.19. The zero-order valence-electron chi connectivity index (χ0n) is 20.3. The fourth-order valence-corrected chi connectivity index (χ4v) is 4.96. The summed E-state index contributed by atoms with van der Waals surface area (Å²) in [6.07, 6.45) is 1.82. The first-order valence-electron chi connectivity index (χ1n) is 12.4. The molecule has 2 heterocycles. The first kappa shape index (κ1) is 23.5. The van der Waals surface area contributed by atoms with Gasteiger partial charge in [0.05, 0.1) is 11.6 Å². The van der Waals surface area contributed by atoms with Crippen LogP contribution in [0.15, 0.2) is 97.2 Å². The number of aromatic nitrogens is 1. The van der Waals surface area contributed by atoms with E-state index in [-0.39, 0.29) is 12.1 Å². The molecular formula is C30H33N3O2. The van der Waals surface area contributed by atoms with E-state index in [1.54, 1.807) is 7.11 Å². The lowest BCUT2D eigenvalue weighted by atomic mass is 9.96. The first-order chi connectivity index (χ1) is 17.3. The van der Waals surface area contributed by atoms with Crippen molar-refractivity contribution < 1.29 is 9.47 Å². The van der Waals surface area contributed by atoms with Gasteiger partial charge in [-0.15, -0.1) is 0 Å². The molecule has 0 N–H and O–H groups in total. The van der Waals surface area contributed by atoms with Crippen molar-refractivity contribution in [3.63, 3.8) is 0 Å². The fraction of sp³-hybridized carbons (Fsp3) is 0.300. The summed E-state index contributed by atoms with van der Waals surface area (Å²) in [7, 11) is 1.77. The highest BCUT2D eigenvalue weighted by Gasteiger charge is 2.27. The van der Waals surface area contributed by atoms with Gasteiger partial charge in [-0.05, 0) is 35.4 Å². The Hall–Kier alpha value is -3.25. The van der Waals surface area contributed by atoms with Gasteiger partial charge in [0.2, 0.25) is 0 Å². The van der Waals surface area contributed by atoms with Gasteiger partial charge < -0.3 is 9.47 Å². The molecule has 1 aromatic heterocycles. The molecule has 0 radical (unpaired) electrons. The van der Waals surface area contributed by atoms with Gasteiger partial charge in [0.25, 0.3) is 0 Å². The molecular weight excluding hydrogens is 434 g/mol. The van der Waals surface area contributed by atoms with Crippen molar-refractivity contribution in [2.75, 3.05) is 46.4 Å². The summed E-state index contributed by atoms with van der Waals surface area (Å²) in [5.74, 6) is 0.857. The van der Waals surface area contributed by atoms with Crippen molar-refractivity contribution in [3.8, 4) is 5.75 Å². The Balaban J connectivity index is 1.20. The lowest BCUT2D eigenvalue weighted by molar-refractivity contribution is 0.0130. The van der Waals surface area contributed by atoms with E-state index in [0.717, 1.165) is 49.4 Å². The Morgan fingerprint density at radius 1 is 0.771 bits per heavy atom. The molecule has 4 aromatic rings. The van der Waals surface area contributed by atoms with Gasteiger partial charge in [0, 0.05) is 51.4 Å². The normalized spacial score (nSPS) is 15.9. The van der Waals surface area contributed by atoms with Crippen LogP contribution in [-0.2, 0) is 4.74 Å². The molecule has 1 atom stereocenters. The van der Waals surface area contributed by atoms with Crippen LogP contribution in [0.25, 0.3) is 10.9 Å². The third kappa shape index (κ3) is 5.70. The van der Waals surface area contributed by atoms with Crippen molar-refractivity contribution in [1.82, 2.24) is 14.8 Å². The molecule has 1 saturated heterocycles. The minimum absolute atomic E-state index is 0.00696. The van der Waals surface area contributed by atoms with E-state index in [4.69, 9.17) is 9.47 Å². The van der Waals surface area contributed by atoms with E-state index in [1.165, 1.54) is 11.1 Å². The predicted molar refractivity (Wildman–Crippen MR) is 141 cm³/mol. The van der Waals surface area contributed by atoms with Crippen LogP contribution in [0.2, 0.25) is 0 Å². The number of ether oxygens (including phenoxy) is 2. The van der Waals surface area contributed by atoms with Crippen LogP contribution < -0.4 is 4.74 Å². The second kappa shape index (κ2) is 11.5. The van der Waals surface area contributed by atoms with Gasteiger partial charge in [-0.2, -0.15) is 0 Å². The molecule has 0 spiro atoms. The minimum atomic E-state index is 0.00696. The molecule has 1 unspecified atom stereocenters. The molecule has 1 aliphatic heterocycles. The smallest absolute Gasteiger partial charge is 0.128 e. The van der Waals surface area contributed by atoms with Crippen molar-refractivity contribution in [2.24, 2.45) is 0 Å². The number of hydrogen-bond acceptors (Lipinski definition) is 5. The number of rotatable bonds is 9. The van der Waals surface area contributed by atoms with Crippen molar-refractivity contribution >= 4 is 10.9 Å². The lowest BCUT2D eigenvalue weighted by Gasteiger charge is -2.40. The highest BCUT2D eigenvalue weighted by Crippen LogP contribution is 2.29. The average molecular weight is 468 g/mol. The monoisotopic (exact) mass is 467 g/mol. The summed E-state index contributed by atoms with van der Waals surface area (Å²) < 4.78 is 12.0. The molecule has 5 nitrogen and oxygen atoms in total. The van der Waals surface area contributed by atoms with Gasteiger partial charge >= 0.3 is 0 Å². The number of hydrogen-bond donors (Lipinski definition) is 0. The van der Waals surface area contributed by atoms with E-state index in [9.17, 15) is 0 Å². The number of piperazine rings is 1. The summed E-state index contributed by atoms with van der Waals surface area (Å²) in [4.78, 5) is 9.52. The lowest BCUT2D eigenvalue weighted by Crippen LogP contribution is -2.50. The van der Waals surface area contributed by atoms with Crippen molar-refractivity contribution in [3.05, 3.63) is 108 Å². The second-order valence-corrected chi connectivity index (χ2v) is 9.06. The van der Waals surface area contributed by atoms with Gasteiger partial charge in [-0.3, -0.25) is 14.8 Å². The fourth-order valence-electron chi connectivity index (χ4n) is 4.96. The summed E-state index contributed by atoms with van der Waals surface area (Å²) in [5.41, 5.74) is 3.64. The van der Waals surface area contributed by atoms with Gasteiger partial charge in [-0.25, -0.2) is 0 Å². The highest BCUT2D eigenvalue weighted by atomic mass is 16.5. The molecule has 0 amide bonds. The third-order valence-corrected chi connectivity index (χ3v) is 6.83. The molecule has 180 valence electrons. The molecule has 35 heavy (non-hydrogen) atoms. The Morgan fingerprint density at radius 3 is 2.11 bits per heavy atom. The molecule has 1 aliphatic rings. The van der Waals surface area contributed by atoms with Gasteiger partial charge in [0.1, 0.15) is 18.5 Å². The minimum Gasteiger partial charge on any atom is -0.490 e. The largest absolute Gasteiger partial charge is 0.490 e. The number of benzene rings is 3. The van der Waals surface area contributed by atoms with E-state index in [0.29, 0.717) is 6.61 Å². The van der Waals surface area contributed by atoms with E-state index in [1.807, 2.05) is 30.5 Å². The summed E-state index contributed by atoms with van der Waals surface area (Å²) in [6.45, 7) is 5.42. The standard InChI is InChI=1S/C30H33N3O2/c1-34-26(23-35-29-16-8-15-28-27(29)14-9-17-31-28)22-32-18-20-33(21-19-32)30(24-10-4-2-5-11-24)25-12-6-3-7-13-25/h2-17,26,30H,18-23H2,1H3. The SMILES string of the molecule is COC(COc1cccc2ncccc12)CN1CCN(C(c2ccccc2)c2ccccc2)CC1. The number of pyridine rings is 1. The summed E-state index contributed by atoms with van der Waals surface area (Å²) >= 11 is 0. The van der Waals surface area contributed by atoms with Crippen LogP contribution >= 0.6 is 0 Å². The maximum absolute atomic E-state index is 6.19. The summed E-state index contributed by atoms with van der Waals surface area (Å²) in [6, 6.07) is 32.0.